The third kappa shape index (κ3) is 0.862. The van der Waals surface area contributed by atoms with E-state index < -0.39 is 5.97 Å². The van der Waals surface area contributed by atoms with Crippen LogP contribution in [0.5, 0.6) is 0 Å². The molecule has 1 saturated carbocycles. The molecular formula is C7H13NO3. The average Bonchev–Trinajstić information content (AvgIpc) is 2.22. The molecule has 3 unspecified atom stereocenters. The summed E-state index contributed by atoms with van der Waals surface area (Å²) in [5, 5.41) is 11.9. The van der Waals surface area contributed by atoms with Gasteiger partial charge in [-0.3, -0.25) is 4.79 Å². The van der Waals surface area contributed by atoms with E-state index in [9.17, 15) is 4.79 Å². The van der Waals surface area contributed by atoms with Crippen LogP contribution in [0.2, 0.25) is 0 Å². The fraction of sp³-hybridized carbons (Fsp3) is 0.857. The average molecular weight is 159 g/mol. The highest BCUT2D eigenvalue weighted by atomic mass is 16.4. The number of rotatable bonds is 1. The van der Waals surface area contributed by atoms with Gasteiger partial charge in [0.25, 0.3) is 0 Å². The third-order valence-electron chi connectivity index (χ3n) is 2.99. The van der Waals surface area contributed by atoms with E-state index >= 15 is 0 Å². The van der Waals surface area contributed by atoms with Crippen LogP contribution < -0.4 is 5.32 Å². The quantitative estimate of drug-likeness (QED) is 0.520. The van der Waals surface area contributed by atoms with Gasteiger partial charge in [-0.1, -0.05) is 6.92 Å². The predicted molar refractivity (Wildman–Crippen MR) is 39.2 cm³/mol. The standard InChI is InChI=1S/C7H11NO2.H2O/c1-7-3-8-2-4(7)5(7)6(9)10;/h4-5,8H,2-3H2,1H3,(H,9,10);1H2. The highest BCUT2D eigenvalue weighted by molar-refractivity contribution is 5.76. The lowest BCUT2D eigenvalue weighted by atomic mass is 10.1. The van der Waals surface area contributed by atoms with Gasteiger partial charge in [-0.25, -0.2) is 0 Å². The zero-order chi connectivity index (χ0) is 7.35. The molecule has 0 spiro atoms. The molecule has 1 heterocycles. The maximum Gasteiger partial charge on any atom is 0.307 e. The first-order valence-electron chi connectivity index (χ1n) is 3.60. The van der Waals surface area contributed by atoms with Gasteiger partial charge in [-0.05, 0) is 17.9 Å². The Labute approximate surface area is 64.9 Å². The minimum atomic E-state index is -0.617. The summed E-state index contributed by atoms with van der Waals surface area (Å²) in [5.74, 6) is -0.271. The normalized spacial score (nSPS) is 45.9. The molecule has 0 aromatic carbocycles. The first-order chi connectivity index (χ1) is 4.66. The topological polar surface area (TPSA) is 80.8 Å². The van der Waals surface area contributed by atoms with Gasteiger partial charge in [-0.15, -0.1) is 0 Å². The molecule has 4 N–H and O–H groups in total. The summed E-state index contributed by atoms with van der Waals surface area (Å²) in [6.07, 6.45) is 0. The van der Waals surface area contributed by atoms with Crippen LogP contribution in [0.25, 0.3) is 0 Å². The molecule has 1 aliphatic carbocycles. The van der Waals surface area contributed by atoms with Gasteiger partial charge >= 0.3 is 5.97 Å². The Bertz CT molecular complexity index is 194. The van der Waals surface area contributed by atoms with E-state index in [0.29, 0.717) is 5.92 Å². The van der Waals surface area contributed by atoms with Crippen molar-refractivity contribution in [2.45, 2.75) is 6.92 Å². The van der Waals surface area contributed by atoms with Crippen molar-refractivity contribution in [1.82, 2.24) is 5.32 Å². The molecule has 2 aliphatic rings. The highest BCUT2D eigenvalue weighted by Gasteiger charge is 2.67. The second-order valence-corrected chi connectivity index (χ2v) is 3.56. The SMILES string of the molecule is CC12CNCC1C2C(=O)O.O. The van der Waals surface area contributed by atoms with E-state index in [2.05, 4.69) is 12.2 Å². The summed E-state index contributed by atoms with van der Waals surface area (Å²) in [6.45, 7) is 3.83. The van der Waals surface area contributed by atoms with Crippen molar-refractivity contribution >= 4 is 5.97 Å². The number of aliphatic carboxylic acids is 1. The maximum atomic E-state index is 10.6. The number of carboxylic acids is 1. The molecule has 64 valence electrons. The van der Waals surface area contributed by atoms with Crippen LogP contribution in [0.3, 0.4) is 0 Å². The van der Waals surface area contributed by atoms with Crippen LogP contribution in [0.1, 0.15) is 6.92 Å². The molecule has 2 rings (SSSR count). The van der Waals surface area contributed by atoms with Gasteiger partial charge in [-0.2, -0.15) is 0 Å². The summed E-state index contributed by atoms with van der Waals surface area (Å²) in [7, 11) is 0. The zero-order valence-corrected chi connectivity index (χ0v) is 6.42. The Morgan fingerprint density at radius 2 is 2.36 bits per heavy atom. The summed E-state index contributed by atoms with van der Waals surface area (Å²) in [4.78, 5) is 10.6. The van der Waals surface area contributed by atoms with Crippen molar-refractivity contribution in [3.63, 3.8) is 0 Å². The number of piperidine rings is 1. The van der Waals surface area contributed by atoms with Crippen molar-refractivity contribution in [2.75, 3.05) is 13.1 Å². The summed E-state index contributed by atoms with van der Waals surface area (Å²) in [6, 6.07) is 0. The minimum Gasteiger partial charge on any atom is -0.481 e. The minimum absolute atomic E-state index is 0. The summed E-state index contributed by atoms with van der Waals surface area (Å²) < 4.78 is 0. The Kier molecular flexibility index (Phi) is 1.69. The number of fused-ring (bicyclic) bond motifs is 1. The monoisotopic (exact) mass is 159 g/mol. The van der Waals surface area contributed by atoms with Gasteiger partial charge < -0.3 is 15.9 Å². The molecule has 4 heteroatoms. The van der Waals surface area contributed by atoms with Crippen LogP contribution in [0, 0.1) is 17.3 Å². The van der Waals surface area contributed by atoms with Crippen LogP contribution in [0.15, 0.2) is 0 Å². The van der Waals surface area contributed by atoms with Crippen LogP contribution in [0.4, 0.5) is 0 Å². The van der Waals surface area contributed by atoms with E-state index in [0.717, 1.165) is 13.1 Å². The van der Waals surface area contributed by atoms with Crippen LogP contribution in [-0.4, -0.2) is 29.6 Å². The number of nitrogens with one attached hydrogen (secondary N) is 1. The molecule has 3 atom stereocenters. The van der Waals surface area contributed by atoms with E-state index in [-0.39, 0.29) is 16.8 Å². The lowest BCUT2D eigenvalue weighted by Crippen LogP contribution is -2.22. The van der Waals surface area contributed by atoms with Crippen molar-refractivity contribution in [1.29, 1.82) is 0 Å². The Balaban J connectivity index is 0.000000605. The Morgan fingerprint density at radius 1 is 1.73 bits per heavy atom. The van der Waals surface area contributed by atoms with Gasteiger partial charge in [0.1, 0.15) is 0 Å². The molecule has 0 amide bonds. The third-order valence-corrected chi connectivity index (χ3v) is 2.99. The molecule has 0 radical (unpaired) electrons. The molecule has 2 fully saturated rings. The number of hydrogen-bond donors (Lipinski definition) is 2. The second-order valence-electron chi connectivity index (χ2n) is 3.56. The molecule has 0 bridgehead atoms. The first-order valence-corrected chi connectivity index (χ1v) is 3.60. The molecule has 11 heavy (non-hydrogen) atoms. The summed E-state index contributed by atoms with van der Waals surface area (Å²) in [5.41, 5.74) is 0.0891. The van der Waals surface area contributed by atoms with Crippen molar-refractivity contribution < 1.29 is 15.4 Å². The Hall–Kier alpha value is -0.610. The Morgan fingerprint density at radius 3 is 2.64 bits per heavy atom. The van der Waals surface area contributed by atoms with Crippen LogP contribution >= 0.6 is 0 Å². The lowest BCUT2D eigenvalue weighted by molar-refractivity contribution is -0.139. The highest BCUT2D eigenvalue weighted by Crippen LogP contribution is 2.60. The first kappa shape index (κ1) is 8.49. The van der Waals surface area contributed by atoms with Crippen molar-refractivity contribution in [3.05, 3.63) is 0 Å². The zero-order valence-electron chi connectivity index (χ0n) is 6.42. The van der Waals surface area contributed by atoms with E-state index in [1.807, 2.05) is 0 Å². The van der Waals surface area contributed by atoms with Crippen LogP contribution in [-0.2, 0) is 4.79 Å². The maximum absolute atomic E-state index is 10.6. The predicted octanol–water partition coefficient (Wildman–Crippen LogP) is -0.898. The van der Waals surface area contributed by atoms with E-state index in [4.69, 9.17) is 5.11 Å². The number of carbonyl (C=O) groups is 1. The molecule has 4 nitrogen and oxygen atoms in total. The molecule has 1 aliphatic heterocycles. The number of hydrogen-bond acceptors (Lipinski definition) is 2. The molecule has 1 saturated heterocycles. The molecule has 0 aromatic heterocycles. The largest absolute Gasteiger partial charge is 0.481 e. The van der Waals surface area contributed by atoms with E-state index in [1.54, 1.807) is 0 Å². The second kappa shape index (κ2) is 2.19. The molecular weight excluding hydrogens is 146 g/mol. The van der Waals surface area contributed by atoms with Gasteiger partial charge in [0, 0.05) is 6.54 Å². The van der Waals surface area contributed by atoms with Crippen molar-refractivity contribution in [2.24, 2.45) is 17.3 Å². The van der Waals surface area contributed by atoms with Gasteiger partial charge in [0.2, 0.25) is 0 Å². The fourth-order valence-electron chi connectivity index (χ4n) is 2.20. The summed E-state index contributed by atoms with van der Waals surface area (Å²) >= 11 is 0. The smallest absolute Gasteiger partial charge is 0.307 e. The molecule has 0 aromatic rings. The number of carboxylic acid groups (broad SMARTS) is 1. The lowest BCUT2D eigenvalue weighted by Gasteiger charge is -2.04. The fourth-order valence-corrected chi connectivity index (χ4v) is 2.20. The van der Waals surface area contributed by atoms with Crippen molar-refractivity contribution in [3.8, 4) is 0 Å². The van der Waals surface area contributed by atoms with Gasteiger partial charge in [0.15, 0.2) is 0 Å². The van der Waals surface area contributed by atoms with E-state index in [1.165, 1.54) is 0 Å². The van der Waals surface area contributed by atoms with Gasteiger partial charge in [0.05, 0.1) is 5.92 Å².